The largest absolute Gasteiger partial charge is 0.361 e. The van der Waals surface area contributed by atoms with Crippen LogP contribution in [0.4, 0.5) is 11.4 Å². The first-order valence-corrected chi connectivity index (χ1v) is 8.85. The Morgan fingerprint density at radius 1 is 1.22 bits per heavy atom. The number of aromatic nitrogens is 1. The lowest BCUT2D eigenvalue weighted by Gasteiger charge is -2.13. The van der Waals surface area contributed by atoms with E-state index in [2.05, 4.69) is 21.7 Å². The zero-order valence-electron chi connectivity index (χ0n) is 15.1. The van der Waals surface area contributed by atoms with Crippen molar-refractivity contribution in [1.82, 2.24) is 10.3 Å². The number of H-pyrrole nitrogens is 1. The summed E-state index contributed by atoms with van der Waals surface area (Å²) in [5.41, 5.74) is 2.75. The first-order valence-electron chi connectivity index (χ1n) is 8.85. The smallest absolute Gasteiger partial charge is 0.271 e. The standard InChI is InChI=1S/C20H22N4O3/c1-14(11-20(25)23-16-5-4-6-17(12-16)24(26)27)21-10-9-15-13-22-19-8-3-2-7-18(15)19/h2-8,12-14,21-22H,9-11H2,1H3,(H,23,25). The lowest BCUT2D eigenvalue weighted by molar-refractivity contribution is -0.384. The zero-order valence-corrected chi connectivity index (χ0v) is 15.1. The summed E-state index contributed by atoms with van der Waals surface area (Å²) in [6.45, 7) is 2.70. The Bertz CT molecular complexity index is 951. The van der Waals surface area contributed by atoms with Crippen LogP contribution in [0.15, 0.2) is 54.7 Å². The van der Waals surface area contributed by atoms with Gasteiger partial charge in [0.05, 0.1) is 4.92 Å². The summed E-state index contributed by atoms with van der Waals surface area (Å²) in [5, 5.41) is 18.1. The quantitative estimate of drug-likeness (QED) is 0.419. The molecule has 3 rings (SSSR count). The van der Waals surface area contributed by atoms with Gasteiger partial charge in [0, 0.05) is 47.4 Å². The van der Waals surface area contributed by atoms with E-state index in [1.165, 1.54) is 23.1 Å². The SMILES string of the molecule is CC(CC(=O)Nc1cccc([N+](=O)[O-])c1)NCCc1c[nH]c2ccccc12. The van der Waals surface area contributed by atoms with E-state index in [9.17, 15) is 14.9 Å². The summed E-state index contributed by atoms with van der Waals surface area (Å²) in [7, 11) is 0. The highest BCUT2D eigenvalue weighted by molar-refractivity contribution is 5.91. The number of amides is 1. The highest BCUT2D eigenvalue weighted by Crippen LogP contribution is 2.18. The van der Waals surface area contributed by atoms with E-state index in [1.54, 1.807) is 12.1 Å². The Balaban J connectivity index is 1.46. The maximum absolute atomic E-state index is 12.1. The fourth-order valence-corrected chi connectivity index (χ4v) is 3.05. The number of carbonyl (C=O) groups excluding carboxylic acids is 1. The number of anilines is 1. The van der Waals surface area contributed by atoms with Crippen LogP contribution in [0.5, 0.6) is 0 Å². The monoisotopic (exact) mass is 366 g/mol. The molecule has 0 saturated heterocycles. The van der Waals surface area contributed by atoms with Crippen molar-refractivity contribution < 1.29 is 9.72 Å². The lowest BCUT2D eigenvalue weighted by atomic mass is 10.1. The van der Waals surface area contributed by atoms with Crippen LogP contribution in [0.3, 0.4) is 0 Å². The number of nitrogens with zero attached hydrogens (tertiary/aromatic N) is 1. The van der Waals surface area contributed by atoms with Gasteiger partial charge < -0.3 is 15.6 Å². The number of nitro benzene ring substituents is 1. The maximum atomic E-state index is 12.1. The molecule has 0 fully saturated rings. The minimum absolute atomic E-state index is 0.00564. The zero-order chi connectivity index (χ0) is 19.2. The predicted octanol–water partition coefficient (Wildman–Crippen LogP) is 3.63. The maximum Gasteiger partial charge on any atom is 0.271 e. The molecular formula is C20H22N4O3. The molecule has 0 aliphatic heterocycles. The van der Waals surface area contributed by atoms with Gasteiger partial charge >= 0.3 is 0 Å². The molecule has 1 atom stereocenters. The lowest BCUT2D eigenvalue weighted by Crippen LogP contribution is -2.32. The average Bonchev–Trinajstić information content (AvgIpc) is 3.05. The van der Waals surface area contributed by atoms with Crippen molar-refractivity contribution in [2.24, 2.45) is 0 Å². The summed E-state index contributed by atoms with van der Waals surface area (Å²) >= 11 is 0. The summed E-state index contributed by atoms with van der Waals surface area (Å²) in [4.78, 5) is 25.7. The molecule has 27 heavy (non-hydrogen) atoms. The molecule has 0 spiro atoms. The van der Waals surface area contributed by atoms with Gasteiger partial charge in [-0.1, -0.05) is 24.3 Å². The molecule has 7 heteroatoms. The topological polar surface area (TPSA) is 100 Å². The van der Waals surface area contributed by atoms with Crippen LogP contribution in [-0.4, -0.2) is 28.4 Å². The van der Waals surface area contributed by atoms with Crippen LogP contribution in [-0.2, 0) is 11.2 Å². The first kappa shape index (κ1) is 18.6. The second-order valence-electron chi connectivity index (χ2n) is 6.52. The van der Waals surface area contributed by atoms with Crippen molar-refractivity contribution in [1.29, 1.82) is 0 Å². The predicted molar refractivity (Wildman–Crippen MR) is 106 cm³/mol. The van der Waals surface area contributed by atoms with Gasteiger partial charge in [0.15, 0.2) is 0 Å². The van der Waals surface area contributed by atoms with Crippen molar-refractivity contribution in [3.63, 3.8) is 0 Å². The third-order valence-corrected chi connectivity index (χ3v) is 4.39. The number of hydrogen-bond acceptors (Lipinski definition) is 4. The third kappa shape index (κ3) is 4.92. The Kier molecular flexibility index (Phi) is 5.83. The fourth-order valence-electron chi connectivity index (χ4n) is 3.05. The third-order valence-electron chi connectivity index (χ3n) is 4.39. The summed E-state index contributed by atoms with van der Waals surface area (Å²) in [6, 6.07) is 14.1. The van der Waals surface area contributed by atoms with Gasteiger partial charge in [0.1, 0.15) is 0 Å². The van der Waals surface area contributed by atoms with Gasteiger partial charge in [0.2, 0.25) is 5.91 Å². The van der Waals surface area contributed by atoms with E-state index in [0.29, 0.717) is 5.69 Å². The van der Waals surface area contributed by atoms with E-state index >= 15 is 0 Å². The van der Waals surface area contributed by atoms with Crippen LogP contribution in [0.1, 0.15) is 18.9 Å². The van der Waals surface area contributed by atoms with Crippen LogP contribution in [0.2, 0.25) is 0 Å². The number of benzene rings is 2. The minimum atomic E-state index is -0.482. The number of hydrogen-bond donors (Lipinski definition) is 3. The van der Waals surface area contributed by atoms with Crippen molar-refractivity contribution >= 4 is 28.2 Å². The molecule has 140 valence electrons. The number of rotatable bonds is 8. The van der Waals surface area contributed by atoms with E-state index in [4.69, 9.17) is 0 Å². The number of nitrogens with one attached hydrogen (secondary N) is 3. The van der Waals surface area contributed by atoms with Gasteiger partial charge in [-0.05, 0) is 37.6 Å². The van der Waals surface area contributed by atoms with Gasteiger partial charge in [-0.15, -0.1) is 0 Å². The van der Waals surface area contributed by atoms with Crippen molar-refractivity contribution in [3.8, 4) is 0 Å². The molecule has 0 bridgehead atoms. The molecule has 7 nitrogen and oxygen atoms in total. The summed E-state index contributed by atoms with van der Waals surface area (Å²) < 4.78 is 0. The second kappa shape index (κ2) is 8.46. The molecule has 0 aliphatic rings. The number of nitro groups is 1. The van der Waals surface area contributed by atoms with Crippen LogP contribution >= 0.6 is 0 Å². The Hall–Kier alpha value is -3.19. The Morgan fingerprint density at radius 3 is 2.85 bits per heavy atom. The van der Waals surface area contributed by atoms with Crippen molar-refractivity contribution in [2.45, 2.75) is 25.8 Å². The second-order valence-corrected chi connectivity index (χ2v) is 6.52. The van der Waals surface area contributed by atoms with Crippen LogP contribution in [0.25, 0.3) is 10.9 Å². The molecule has 0 radical (unpaired) electrons. The van der Waals surface area contributed by atoms with E-state index in [1.807, 2.05) is 31.3 Å². The Labute approximate surface area is 156 Å². The molecule has 1 amide bonds. The summed E-state index contributed by atoms with van der Waals surface area (Å²) in [6.07, 6.45) is 3.17. The number of non-ortho nitro benzene ring substituents is 1. The van der Waals surface area contributed by atoms with E-state index in [-0.39, 0.29) is 24.1 Å². The van der Waals surface area contributed by atoms with Gasteiger partial charge in [-0.25, -0.2) is 0 Å². The summed E-state index contributed by atoms with van der Waals surface area (Å²) in [5.74, 6) is -0.178. The number of fused-ring (bicyclic) bond motifs is 1. The molecule has 1 heterocycles. The molecular weight excluding hydrogens is 344 g/mol. The average molecular weight is 366 g/mol. The van der Waals surface area contributed by atoms with Gasteiger partial charge in [0.25, 0.3) is 5.69 Å². The molecule has 1 aromatic heterocycles. The fraction of sp³-hybridized carbons (Fsp3) is 0.250. The Morgan fingerprint density at radius 2 is 2.04 bits per heavy atom. The normalized spacial score (nSPS) is 12.0. The molecule has 2 aromatic carbocycles. The van der Waals surface area contributed by atoms with E-state index < -0.39 is 4.92 Å². The molecule has 1 unspecified atom stereocenters. The molecule has 0 aliphatic carbocycles. The number of para-hydroxylation sites is 1. The van der Waals surface area contributed by atoms with Crippen LogP contribution < -0.4 is 10.6 Å². The highest BCUT2D eigenvalue weighted by Gasteiger charge is 2.11. The number of aromatic amines is 1. The molecule has 3 N–H and O–H groups in total. The van der Waals surface area contributed by atoms with Crippen molar-refractivity contribution in [2.75, 3.05) is 11.9 Å². The van der Waals surface area contributed by atoms with Crippen LogP contribution in [0, 0.1) is 10.1 Å². The number of carbonyl (C=O) groups is 1. The van der Waals surface area contributed by atoms with E-state index in [0.717, 1.165) is 18.5 Å². The molecule has 3 aromatic rings. The van der Waals surface area contributed by atoms with Gasteiger partial charge in [-0.3, -0.25) is 14.9 Å². The molecule has 0 saturated carbocycles. The minimum Gasteiger partial charge on any atom is -0.361 e. The van der Waals surface area contributed by atoms with Crippen molar-refractivity contribution in [3.05, 3.63) is 70.4 Å². The first-order chi connectivity index (χ1) is 13.0. The van der Waals surface area contributed by atoms with Gasteiger partial charge in [-0.2, -0.15) is 0 Å². The highest BCUT2D eigenvalue weighted by atomic mass is 16.6.